The fraction of sp³-hybridized carbons (Fsp3) is 0.167. The molecule has 136 valence electrons. The first-order valence-corrected chi connectivity index (χ1v) is 8.40. The highest BCUT2D eigenvalue weighted by Crippen LogP contribution is 2.29. The van der Waals surface area contributed by atoms with Crippen LogP contribution in [0.3, 0.4) is 0 Å². The van der Waals surface area contributed by atoms with Gasteiger partial charge in [-0.25, -0.2) is 4.79 Å². The van der Waals surface area contributed by atoms with Gasteiger partial charge in [0.1, 0.15) is 6.04 Å². The number of para-hydroxylation sites is 1. The summed E-state index contributed by atoms with van der Waals surface area (Å²) in [6.45, 7) is 0.929. The summed E-state index contributed by atoms with van der Waals surface area (Å²) < 4.78 is 4.90. The Morgan fingerprint density at radius 2 is 1.62 bits per heavy atom. The van der Waals surface area contributed by atoms with Crippen molar-refractivity contribution >= 4 is 46.7 Å². The smallest absolute Gasteiger partial charge is 0.328 e. The van der Waals surface area contributed by atoms with Gasteiger partial charge >= 0.3 is 5.97 Å². The Labute approximate surface area is 160 Å². The zero-order valence-corrected chi connectivity index (χ0v) is 15.3. The standard InChI is InChI=1S/C18H16Cl2N2O4/c1-11(21-17(24)12-6-3-2-4-7-12)18(25)26-10-15(23)22-16-13(19)8-5-9-14(16)20/h2-9,11H,10H2,1H3,(H,21,24)(H,22,23)/t11-/m0/s1. The number of rotatable bonds is 6. The third-order valence-corrected chi connectivity index (χ3v) is 3.94. The van der Waals surface area contributed by atoms with E-state index in [-0.39, 0.29) is 15.7 Å². The Morgan fingerprint density at radius 3 is 2.23 bits per heavy atom. The molecular weight excluding hydrogens is 379 g/mol. The normalized spacial score (nSPS) is 11.3. The molecule has 2 aromatic carbocycles. The van der Waals surface area contributed by atoms with Crippen LogP contribution >= 0.6 is 23.2 Å². The number of esters is 1. The van der Waals surface area contributed by atoms with Crippen molar-refractivity contribution in [1.82, 2.24) is 5.32 Å². The van der Waals surface area contributed by atoms with Crippen molar-refractivity contribution in [3.05, 3.63) is 64.1 Å². The van der Waals surface area contributed by atoms with E-state index in [0.717, 1.165) is 0 Å². The van der Waals surface area contributed by atoms with Gasteiger partial charge in [0.25, 0.3) is 11.8 Å². The first-order valence-electron chi connectivity index (χ1n) is 7.65. The quantitative estimate of drug-likeness (QED) is 0.736. The number of anilines is 1. The summed E-state index contributed by atoms with van der Waals surface area (Å²) in [4.78, 5) is 35.8. The number of amides is 2. The van der Waals surface area contributed by atoms with Crippen LogP contribution in [-0.4, -0.2) is 30.4 Å². The lowest BCUT2D eigenvalue weighted by molar-refractivity contribution is -0.148. The monoisotopic (exact) mass is 394 g/mol. The third-order valence-electron chi connectivity index (χ3n) is 3.31. The zero-order chi connectivity index (χ0) is 19.1. The number of halogens is 2. The summed E-state index contributed by atoms with van der Waals surface area (Å²) >= 11 is 11.9. The minimum absolute atomic E-state index is 0.238. The number of ether oxygens (including phenoxy) is 1. The molecule has 0 aliphatic heterocycles. The second-order valence-electron chi connectivity index (χ2n) is 5.31. The van der Waals surface area contributed by atoms with Crippen molar-refractivity contribution in [3.8, 4) is 0 Å². The Kier molecular flexibility index (Phi) is 7.00. The average Bonchev–Trinajstić information content (AvgIpc) is 2.63. The minimum atomic E-state index is -0.917. The van der Waals surface area contributed by atoms with Gasteiger partial charge in [0.2, 0.25) is 0 Å². The number of hydrogen-bond donors (Lipinski definition) is 2. The Bertz CT molecular complexity index is 792. The number of carbonyl (C=O) groups excluding carboxylic acids is 3. The molecule has 6 nitrogen and oxygen atoms in total. The van der Waals surface area contributed by atoms with Gasteiger partial charge in [-0.2, -0.15) is 0 Å². The Hall–Kier alpha value is -2.57. The predicted octanol–water partition coefficient (Wildman–Crippen LogP) is 3.29. The molecule has 0 unspecified atom stereocenters. The van der Waals surface area contributed by atoms with Gasteiger partial charge in [0.05, 0.1) is 15.7 Å². The molecule has 0 saturated heterocycles. The van der Waals surface area contributed by atoms with Gasteiger partial charge in [0.15, 0.2) is 6.61 Å². The molecule has 2 N–H and O–H groups in total. The van der Waals surface area contributed by atoms with Gasteiger partial charge in [0, 0.05) is 5.56 Å². The van der Waals surface area contributed by atoms with Crippen LogP contribution < -0.4 is 10.6 Å². The number of carbonyl (C=O) groups is 3. The van der Waals surface area contributed by atoms with Crippen LogP contribution in [0.4, 0.5) is 5.69 Å². The van der Waals surface area contributed by atoms with Crippen molar-refractivity contribution in [2.24, 2.45) is 0 Å². The summed E-state index contributed by atoms with van der Waals surface area (Å²) in [6, 6.07) is 12.3. The van der Waals surface area contributed by atoms with E-state index >= 15 is 0 Å². The number of hydrogen-bond acceptors (Lipinski definition) is 4. The second kappa shape index (κ2) is 9.22. The molecule has 1 atom stereocenters. The molecule has 0 radical (unpaired) electrons. The van der Waals surface area contributed by atoms with Gasteiger partial charge in [-0.1, -0.05) is 47.5 Å². The highest BCUT2D eigenvalue weighted by molar-refractivity contribution is 6.39. The zero-order valence-electron chi connectivity index (χ0n) is 13.8. The van der Waals surface area contributed by atoms with E-state index in [1.807, 2.05) is 0 Å². The number of nitrogens with one attached hydrogen (secondary N) is 2. The molecule has 26 heavy (non-hydrogen) atoms. The average molecular weight is 395 g/mol. The first-order chi connectivity index (χ1) is 12.4. The van der Waals surface area contributed by atoms with E-state index in [1.165, 1.54) is 6.92 Å². The van der Waals surface area contributed by atoms with Gasteiger partial charge in [-0.05, 0) is 31.2 Å². The van der Waals surface area contributed by atoms with E-state index in [4.69, 9.17) is 27.9 Å². The van der Waals surface area contributed by atoms with E-state index in [0.29, 0.717) is 5.56 Å². The Morgan fingerprint density at radius 1 is 1.00 bits per heavy atom. The van der Waals surface area contributed by atoms with Gasteiger partial charge < -0.3 is 15.4 Å². The molecule has 0 heterocycles. The molecule has 2 rings (SSSR count). The molecule has 0 spiro atoms. The highest BCUT2D eigenvalue weighted by Gasteiger charge is 2.19. The van der Waals surface area contributed by atoms with Crippen molar-refractivity contribution in [3.63, 3.8) is 0 Å². The van der Waals surface area contributed by atoms with Crippen LogP contribution in [0.2, 0.25) is 10.0 Å². The summed E-state index contributed by atoms with van der Waals surface area (Å²) in [5.41, 5.74) is 0.653. The lowest BCUT2D eigenvalue weighted by Gasteiger charge is -2.14. The van der Waals surface area contributed by atoms with Crippen LogP contribution in [-0.2, 0) is 14.3 Å². The third kappa shape index (κ3) is 5.47. The molecule has 0 saturated carbocycles. The maximum atomic E-state index is 12.0. The lowest BCUT2D eigenvalue weighted by atomic mass is 10.2. The highest BCUT2D eigenvalue weighted by atomic mass is 35.5. The largest absolute Gasteiger partial charge is 0.454 e. The Balaban J connectivity index is 1.84. The van der Waals surface area contributed by atoms with Gasteiger partial charge in [-0.15, -0.1) is 0 Å². The molecule has 2 aromatic rings. The molecule has 0 fully saturated rings. The molecule has 2 amide bonds. The summed E-state index contributed by atoms with van der Waals surface area (Å²) in [5.74, 6) is -1.76. The van der Waals surface area contributed by atoms with Crippen LogP contribution in [0.15, 0.2) is 48.5 Å². The topological polar surface area (TPSA) is 84.5 Å². The SMILES string of the molecule is C[C@H](NC(=O)c1ccccc1)C(=O)OCC(=O)Nc1c(Cl)cccc1Cl. The van der Waals surface area contributed by atoms with Crippen LogP contribution in [0.25, 0.3) is 0 Å². The van der Waals surface area contributed by atoms with E-state index < -0.39 is 30.4 Å². The molecule has 8 heteroatoms. The van der Waals surface area contributed by atoms with Crippen molar-refractivity contribution < 1.29 is 19.1 Å². The fourth-order valence-corrected chi connectivity index (χ4v) is 2.47. The molecule has 0 aliphatic rings. The summed E-state index contributed by atoms with van der Waals surface area (Å²) in [5, 5.41) is 5.50. The summed E-state index contributed by atoms with van der Waals surface area (Å²) in [6.07, 6.45) is 0. The maximum absolute atomic E-state index is 12.0. The predicted molar refractivity (Wildman–Crippen MR) is 99.4 cm³/mol. The molecule has 0 aromatic heterocycles. The van der Waals surface area contributed by atoms with E-state index in [2.05, 4.69) is 10.6 Å². The van der Waals surface area contributed by atoms with E-state index in [9.17, 15) is 14.4 Å². The number of benzene rings is 2. The second-order valence-corrected chi connectivity index (χ2v) is 6.13. The molecular formula is C18H16Cl2N2O4. The summed E-state index contributed by atoms with van der Waals surface area (Å²) in [7, 11) is 0. The molecule has 0 bridgehead atoms. The molecule has 0 aliphatic carbocycles. The maximum Gasteiger partial charge on any atom is 0.328 e. The van der Waals surface area contributed by atoms with Crippen molar-refractivity contribution in [1.29, 1.82) is 0 Å². The van der Waals surface area contributed by atoms with Crippen molar-refractivity contribution in [2.45, 2.75) is 13.0 Å². The van der Waals surface area contributed by atoms with Crippen LogP contribution in [0.1, 0.15) is 17.3 Å². The lowest BCUT2D eigenvalue weighted by Crippen LogP contribution is -2.40. The fourth-order valence-electron chi connectivity index (χ4n) is 1.98. The minimum Gasteiger partial charge on any atom is -0.454 e. The van der Waals surface area contributed by atoms with Crippen LogP contribution in [0.5, 0.6) is 0 Å². The van der Waals surface area contributed by atoms with E-state index in [1.54, 1.807) is 48.5 Å². The van der Waals surface area contributed by atoms with Crippen molar-refractivity contribution in [2.75, 3.05) is 11.9 Å². The first kappa shape index (κ1) is 19.8. The van der Waals surface area contributed by atoms with Gasteiger partial charge in [-0.3, -0.25) is 9.59 Å². The van der Waals surface area contributed by atoms with Crippen LogP contribution in [0, 0.1) is 0 Å².